The van der Waals surface area contributed by atoms with Gasteiger partial charge in [-0.2, -0.15) is 26.3 Å². The van der Waals surface area contributed by atoms with Crippen LogP contribution in [0.4, 0.5) is 39.9 Å². The van der Waals surface area contributed by atoms with Gasteiger partial charge in [0.2, 0.25) is 0 Å². The van der Waals surface area contributed by atoms with Crippen molar-refractivity contribution in [3.8, 4) is 0 Å². The highest BCUT2D eigenvalue weighted by Gasteiger charge is 2.74. The third-order valence-corrected chi connectivity index (χ3v) is 12.8. The predicted octanol–water partition coefficient (Wildman–Crippen LogP) is 4.70. The van der Waals surface area contributed by atoms with Gasteiger partial charge in [0.25, 0.3) is 0 Å². The lowest BCUT2D eigenvalue weighted by molar-refractivity contribution is -0.348. The van der Waals surface area contributed by atoms with Gasteiger partial charge in [-0.1, -0.05) is 18.2 Å². The summed E-state index contributed by atoms with van der Waals surface area (Å²) in [6.45, 7) is -0.226. The van der Waals surface area contributed by atoms with Gasteiger partial charge in [-0.3, -0.25) is 0 Å². The largest absolute Gasteiger partial charge is 0.435 e. The maximum absolute atomic E-state index is 14.9. The summed E-state index contributed by atoms with van der Waals surface area (Å²) in [5.41, 5.74) is -7.99. The normalized spacial score (nSPS) is 25.7. The Balaban J connectivity index is 1.63. The number of carbonyl (C=O) groups is 1. The summed E-state index contributed by atoms with van der Waals surface area (Å²) in [5.74, 6) is -1.27. The lowest BCUT2D eigenvalue weighted by atomic mass is 9.77. The predicted molar refractivity (Wildman–Crippen MR) is 136 cm³/mol. The summed E-state index contributed by atoms with van der Waals surface area (Å²) in [6, 6.07) is 2.20. The van der Waals surface area contributed by atoms with Crippen LogP contribution in [-0.4, -0.2) is 70.3 Å². The van der Waals surface area contributed by atoms with E-state index in [2.05, 4.69) is 5.32 Å². The number of halogens is 8. The Kier molecular flexibility index (Phi) is 7.35. The molecule has 7 nitrogen and oxygen atoms in total. The molecule has 2 aromatic carbocycles. The van der Waals surface area contributed by atoms with Crippen molar-refractivity contribution in [1.82, 2.24) is 10.2 Å². The summed E-state index contributed by atoms with van der Waals surface area (Å²) in [6.07, 6.45) is -13.5. The minimum atomic E-state index is -6.38. The lowest BCUT2D eigenvalue weighted by Gasteiger charge is -2.43. The number of hydrogen-bond donors (Lipinski definition) is 1. The first kappa shape index (κ1) is 31.5. The Morgan fingerprint density at radius 1 is 0.953 bits per heavy atom. The van der Waals surface area contributed by atoms with Crippen LogP contribution in [0.5, 0.6) is 0 Å². The topological polar surface area (TPSA) is 101 Å². The molecule has 0 radical (unpaired) electrons. The van der Waals surface area contributed by atoms with Crippen LogP contribution in [0.15, 0.2) is 47.4 Å². The van der Waals surface area contributed by atoms with Crippen molar-refractivity contribution >= 4 is 25.7 Å². The zero-order valence-electron chi connectivity index (χ0n) is 22.0. The first-order valence-electron chi connectivity index (χ1n) is 13.0. The molecule has 5 rings (SSSR count). The van der Waals surface area contributed by atoms with Gasteiger partial charge in [-0.25, -0.2) is 30.4 Å². The quantitative estimate of drug-likeness (QED) is 0.379. The van der Waals surface area contributed by atoms with Crippen LogP contribution in [0.25, 0.3) is 0 Å². The Morgan fingerprint density at radius 2 is 1.58 bits per heavy atom. The Labute approximate surface area is 241 Å². The fourth-order valence-corrected chi connectivity index (χ4v) is 10.5. The first-order valence-corrected chi connectivity index (χ1v) is 16.3. The SMILES string of the molecule is O=C(NC1CCS(=O)(=O)C1)N1CC[C@@]2(S(=O)(=O)c3ccc(F)cc3)c3ccc(C(F)(C(F)(F)F)C(F)(F)F)cc3CC[C@@H]12. The van der Waals surface area contributed by atoms with Crippen LogP contribution in [0.3, 0.4) is 0 Å². The average molecular weight is 661 g/mol. The van der Waals surface area contributed by atoms with Gasteiger partial charge in [0.1, 0.15) is 10.6 Å². The highest BCUT2D eigenvalue weighted by atomic mass is 32.2. The van der Waals surface area contributed by atoms with E-state index in [0.717, 1.165) is 29.2 Å². The number of rotatable bonds is 4. The van der Waals surface area contributed by atoms with Gasteiger partial charge >= 0.3 is 24.1 Å². The number of nitrogens with zero attached hydrogens (tertiary/aromatic N) is 1. The number of benzene rings is 2. The van der Waals surface area contributed by atoms with Crippen molar-refractivity contribution in [3.63, 3.8) is 0 Å². The maximum Gasteiger partial charge on any atom is 0.435 e. The highest BCUT2D eigenvalue weighted by molar-refractivity contribution is 7.92. The standard InChI is InChI=1S/C26H24F8N2O5S2/c27-17-3-5-19(6-4-17)43(40,41)23-10-11-36(22(37)35-18-9-12-42(38,39)14-18)21(23)8-1-15-13-16(2-7-20(15)23)24(28,25(29,30)31)26(32,33)34/h2-7,13,18,21H,1,8-12,14H2,(H,35,37)/t18?,21-,23-/m1/s1. The van der Waals surface area contributed by atoms with Crippen LogP contribution < -0.4 is 5.32 Å². The number of amides is 2. The number of urea groups is 1. The summed E-state index contributed by atoms with van der Waals surface area (Å²) >= 11 is 0. The van der Waals surface area contributed by atoms with Gasteiger partial charge < -0.3 is 10.2 Å². The van der Waals surface area contributed by atoms with Gasteiger partial charge in [0.15, 0.2) is 19.7 Å². The molecule has 0 bridgehead atoms. The molecule has 0 saturated carbocycles. The molecule has 2 heterocycles. The molecule has 2 aliphatic heterocycles. The van der Waals surface area contributed by atoms with E-state index in [1.54, 1.807) is 0 Å². The monoisotopic (exact) mass is 660 g/mol. The number of likely N-dealkylation sites (tertiary alicyclic amines) is 1. The van der Waals surface area contributed by atoms with Gasteiger partial charge in [0, 0.05) is 18.2 Å². The van der Waals surface area contributed by atoms with E-state index in [1.165, 1.54) is 0 Å². The molecule has 1 N–H and O–H groups in total. The highest BCUT2D eigenvalue weighted by Crippen LogP contribution is 2.56. The second-order valence-electron chi connectivity index (χ2n) is 10.9. The number of nitrogens with one attached hydrogen (secondary N) is 1. The van der Waals surface area contributed by atoms with E-state index in [9.17, 15) is 56.8 Å². The van der Waals surface area contributed by atoms with Gasteiger partial charge in [0.05, 0.1) is 22.4 Å². The van der Waals surface area contributed by atoms with Gasteiger partial charge in [-0.15, -0.1) is 0 Å². The number of fused-ring (bicyclic) bond motifs is 3. The third kappa shape index (κ3) is 4.86. The molecular weight excluding hydrogens is 636 g/mol. The van der Waals surface area contributed by atoms with Gasteiger partial charge in [-0.05, 0) is 61.1 Å². The minimum Gasteiger partial charge on any atom is -0.334 e. The second kappa shape index (κ2) is 10.0. The maximum atomic E-state index is 14.9. The number of sulfone groups is 2. The number of aryl methyl sites for hydroxylation is 1. The van der Waals surface area contributed by atoms with Crippen molar-refractivity contribution in [2.24, 2.45) is 0 Å². The Morgan fingerprint density at radius 3 is 2.14 bits per heavy atom. The van der Waals surface area contributed by atoms with Crippen molar-refractivity contribution in [3.05, 3.63) is 65.0 Å². The molecule has 0 spiro atoms. The molecular formula is C26H24F8N2O5S2. The van der Waals surface area contributed by atoms with Crippen molar-refractivity contribution in [1.29, 1.82) is 0 Å². The number of hydrogen-bond acceptors (Lipinski definition) is 5. The second-order valence-corrected chi connectivity index (χ2v) is 15.4. The molecule has 3 aliphatic rings. The molecule has 2 saturated heterocycles. The molecule has 0 aromatic heterocycles. The molecule has 2 aromatic rings. The van der Waals surface area contributed by atoms with E-state index < -0.39 is 76.8 Å². The zero-order valence-corrected chi connectivity index (χ0v) is 23.6. The fraction of sp³-hybridized carbons (Fsp3) is 0.500. The van der Waals surface area contributed by atoms with Crippen LogP contribution in [0.1, 0.15) is 36.0 Å². The molecule has 43 heavy (non-hydrogen) atoms. The lowest BCUT2D eigenvalue weighted by Crippen LogP contribution is -2.55. The number of carbonyl (C=O) groups excluding carboxylic acids is 1. The smallest absolute Gasteiger partial charge is 0.334 e. The number of alkyl halides is 7. The van der Waals surface area contributed by atoms with Crippen LogP contribution in [-0.2, 0) is 36.5 Å². The van der Waals surface area contributed by atoms with E-state index >= 15 is 0 Å². The molecule has 1 aliphatic carbocycles. The molecule has 3 atom stereocenters. The minimum absolute atomic E-state index is 0.126. The summed E-state index contributed by atoms with van der Waals surface area (Å²) < 4.78 is 160. The van der Waals surface area contributed by atoms with E-state index in [1.807, 2.05) is 0 Å². The van der Waals surface area contributed by atoms with Crippen LogP contribution in [0, 0.1) is 5.82 Å². The Hall–Kier alpha value is -2.95. The summed E-state index contributed by atoms with van der Waals surface area (Å²) in [7, 11) is -8.02. The Bertz CT molecular complexity index is 1650. The van der Waals surface area contributed by atoms with E-state index in [0.29, 0.717) is 12.1 Å². The molecule has 17 heteroatoms. The van der Waals surface area contributed by atoms with E-state index in [4.69, 9.17) is 0 Å². The summed E-state index contributed by atoms with van der Waals surface area (Å²) in [5, 5.41) is 2.58. The third-order valence-electron chi connectivity index (χ3n) is 8.49. The van der Waals surface area contributed by atoms with Crippen LogP contribution >= 0.6 is 0 Å². The van der Waals surface area contributed by atoms with Crippen molar-refractivity contribution in [2.75, 3.05) is 18.1 Å². The molecule has 2 amide bonds. The first-order chi connectivity index (χ1) is 19.7. The van der Waals surface area contributed by atoms with Crippen LogP contribution in [0.2, 0.25) is 0 Å². The van der Waals surface area contributed by atoms with E-state index in [-0.39, 0.29) is 60.9 Å². The van der Waals surface area contributed by atoms with Crippen molar-refractivity contribution in [2.45, 2.75) is 65.4 Å². The average Bonchev–Trinajstić information content (AvgIpc) is 3.47. The molecule has 236 valence electrons. The molecule has 1 unspecified atom stereocenters. The zero-order chi connectivity index (χ0) is 31.8. The summed E-state index contributed by atoms with van der Waals surface area (Å²) in [4.78, 5) is 14.1. The van der Waals surface area contributed by atoms with Crippen molar-refractivity contribution < 1.29 is 56.8 Å². The fourth-order valence-electron chi connectivity index (χ4n) is 6.46. The molecule has 2 fully saturated rings.